The molecular formula is C17H31N3. The van der Waals surface area contributed by atoms with Gasteiger partial charge < -0.3 is 10.6 Å². The van der Waals surface area contributed by atoms with Crippen LogP contribution >= 0.6 is 0 Å². The molecule has 2 bridgehead atoms. The third-order valence-corrected chi connectivity index (χ3v) is 7.01. The molecule has 0 spiro atoms. The van der Waals surface area contributed by atoms with E-state index in [1.54, 1.807) is 0 Å². The molecule has 0 amide bonds. The zero-order valence-corrected chi connectivity index (χ0v) is 12.9. The van der Waals surface area contributed by atoms with Gasteiger partial charge in [-0.2, -0.15) is 0 Å². The summed E-state index contributed by atoms with van der Waals surface area (Å²) < 4.78 is 0. The van der Waals surface area contributed by atoms with Gasteiger partial charge in [0.05, 0.1) is 0 Å². The third-order valence-electron chi connectivity index (χ3n) is 7.01. The van der Waals surface area contributed by atoms with Crippen molar-refractivity contribution in [3.63, 3.8) is 0 Å². The molecule has 1 saturated carbocycles. The fourth-order valence-corrected chi connectivity index (χ4v) is 6.00. The predicted octanol–water partition coefficient (Wildman–Crippen LogP) is 2.06. The lowest BCUT2D eigenvalue weighted by atomic mass is 9.68. The summed E-state index contributed by atoms with van der Waals surface area (Å²) in [5.41, 5.74) is 6.74. The SMILES string of the molecule is NCC1(N2CCCC3CCCCC32)CN2CCC1CC2. The first-order valence-electron chi connectivity index (χ1n) is 9.03. The van der Waals surface area contributed by atoms with Crippen molar-refractivity contribution in [2.75, 3.05) is 32.7 Å². The van der Waals surface area contributed by atoms with E-state index in [1.165, 1.54) is 77.5 Å². The Hall–Kier alpha value is -0.120. The van der Waals surface area contributed by atoms with Gasteiger partial charge in [0.1, 0.15) is 0 Å². The van der Waals surface area contributed by atoms with Crippen LogP contribution < -0.4 is 5.73 Å². The van der Waals surface area contributed by atoms with Crippen LogP contribution in [0.2, 0.25) is 0 Å². The molecule has 0 aromatic carbocycles. The molecule has 2 N–H and O–H groups in total. The average molecular weight is 277 g/mol. The smallest absolute Gasteiger partial charge is 0.0490 e. The number of rotatable bonds is 2. The van der Waals surface area contributed by atoms with Gasteiger partial charge in [-0.25, -0.2) is 0 Å². The van der Waals surface area contributed by atoms with E-state index < -0.39 is 0 Å². The Bertz CT molecular complexity index is 348. The highest BCUT2D eigenvalue weighted by Crippen LogP contribution is 2.45. The second kappa shape index (κ2) is 5.26. The lowest BCUT2D eigenvalue weighted by Crippen LogP contribution is -2.73. The van der Waals surface area contributed by atoms with Crippen molar-refractivity contribution in [1.29, 1.82) is 0 Å². The summed E-state index contributed by atoms with van der Waals surface area (Å²) in [6.45, 7) is 6.13. The maximum absolute atomic E-state index is 6.41. The van der Waals surface area contributed by atoms with E-state index in [-0.39, 0.29) is 0 Å². The molecule has 0 aromatic heterocycles. The molecular weight excluding hydrogens is 246 g/mol. The second-order valence-electron chi connectivity index (χ2n) is 7.81. The molecule has 1 aliphatic carbocycles. The topological polar surface area (TPSA) is 32.5 Å². The van der Waals surface area contributed by atoms with Gasteiger partial charge in [0.2, 0.25) is 0 Å². The number of nitrogens with two attached hydrogens (primary N) is 1. The molecule has 4 saturated heterocycles. The summed E-state index contributed by atoms with van der Waals surface area (Å²) in [6, 6.07) is 0.863. The van der Waals surface area contributed by atoms with Crippen molar-refractivity contribution >= 4 is 0 Å². The molecule has 114 valence electrons. The van der Waals surface area contributed by atoms with Crippen molar-refractivity contribution in [1.82, 2.24) is 9.80 Å². The fraction of sp³-hybridized carbons (Fsp3) is 1.00. The van der Waals surface area contributed by atoms with Crippen LogP contribution in [-0.2, 0) is 0 Å². The van der Waals surface area contributed by atoms with Crippen LogP contribution in [0.5, 0.6) is 0 Å². The normalized spacial score (nSPS) is 49.0. The quantitative estimate of drug-likeness (QED) is 0.838. The van der Waals surface area contributed by atoms with Crippen LogP contribution in [0.4, 0.5) is 0 Å². The fourth-order valence-electron chi connectivity index (χ4n) is 6.00. The molecule has 4 heterocycles. The summed E-state index contributed by atoms with van der Waals surface area (Å²) in [5, 5.41) is 0. The van der Waals surface area contributed by atoms with Crippen LogP contribution in [0.3, 0.4) is 0 Å². The Morgan fingerprint density at radius 1 is 0.900 bits per heavy atom. The zero-order valence-electron chi connectivity index (χ0n) is 12.9. The maximum Gasteiger partial charge on any atom is 0.0490 e. The number of fused-ring (bicyclic) bond motifs is 4. The number of hydrogen-bond acceptors (Lipinski definition) is 3. The van der Waals surface area contributed by atoms with Crippen LogP contribution in [0.25, 0.3) is 0 Å². The monoisotopic (exact) mass is 277 g/mol. The van der Waals surface area contributed by atoms with Gasteiger partial charge in [0, 0.05) is 24.7 Å². The summed E-state index contributed by atoms with van der Waals surface area (Å²) in [7, 11) is 0. The van der Waals surface area contributed by atoms with Gasteiger partial charge in [-0.3, -0.25) is 4.90 Å². The Morgan fingerprint density at radius 2 is 1.65 bits per heavy atom. The first kappa shape index (κ1) is 13.5. The van der Waals surface area contributed by atoms with E-state index in [0.717, 1.165) is 24.4 Å². The summed E-state index contributed by atoms with van der Waals surface area (Å²) in [6.07, 6.45) is 11.5. The highest BCUT2D eigenvalue weighted by molar-refractivity contribution is 5.09. The molecule has 0 radical (unpaired) electrons. The maximum atomic E-state index is 6.41. The zero-order chi connectivity index (χ0) is 13.6. The van der Waals surface area contributed by atoms with Gasteiger partial charge >= 0.3 is 0 Å². The summed E-state index contributed by atoms with van der Waals surface area (Å²) in [4.78, 5) is 5.63. The Labute approximate surface area is 123 Å². The largest absolute Gasteiger partial charge is 0.329 e. The van der Waals surface area contributed by atoms with E-state index >= 15 is 0 Å². The molecule has 0 aromatic rings. The van der Waals surface area contributed by atoms with Crippen LogP contribution in [-0.4, -0.2) is 54.1 Å². The van der Waals surface area contributed by atoms with E-state index in [9.17, 15) is 0 Å². The predicted molar refractivity (Wildman–Crippen MR) is 82.6 cm³/mol. The minimum absolute atomic E-state index is 0.331. The minimum Gasteiger partial charge on any atom is -0.329 e. The summed E-state index contributed by atoms with van der Waals surface area (Å²) in [5.74, 6) is 1.86. The van der Waals surface area contributed by atoms with Crippen LogP contribution in [0, 0.1) is 11.8 Å². The molecule has 5 fully saturated rings. The Morgan fingerprint density at radius 3 is 2.35 bits per heavy atom. The molecule has 3 atom stereocenters. The highest BCUT2D eigenvalue weighted by Gasteiger charge is 2.52. The van der Waals surface area contributed by atoms with Crippen molar-refractivity contribution in [2.24, 2.45) is 17.6 Å². The number of piperidine rings is 4. The third kappa shape index (κ3) is 1.97. The highest BCUT2D eigenvalue weighted by atomic mass is 15.3. The van der Waals surface area contributed by atoms with E-state index in [0.29, 0.717) is 5.54 Å². The first-order chi connectivity index (χ1) is 9.83. The van der Waals surface area contributed by atoms with Gasteiger partial charge in [-0.1, -0.05) is 12.8 Å². The Kier molecular flexibility index (Phi) is 3.56. The molecule has 5 aliphatic rings. The van der Waals surface area contributed by atoms with Gasteiger partial charge in [-0.15, -0.1) is 0 Å². The molecule has 3 unspecified atom stereocenters. The number of likely N-dealkylation sites (tertiary alicyclic amines) is 1. The van der Waals surface area contributed by atoms with Crippen molar-refractivity contribution in [3.05, 3.63) is 0 Å². The van der Waals surface area contributed by atoms with E-state index in [4.69, 9.17) is 5.73 Å². The second-order valence-corrected chi connectivity index (χ2v) is 7.81. The van der Waals surface area contributed by atoms with Crippen molar-refractivity contribution in [2.45, 2.75) is 62.9 Å². The van der Waals surface area contributed by atoms with Crippen molar-refractivity contribution in [3.8, 4) is 0 Å². The average Bonchev–Trinajstić information content (AvgIpc) is 2.55. The molecule has 3 nitrogen and oxygen atoms in total. The lowest BCUT2D eigenvalue weighted by Gasteiger charge is -2.62. The molecule has 4 aliphatic heterocycles. The lowest BCUT2D eigenvalue weighted by molar-refractivity contribution is -0.113. The molecule has 3 heteroatoms. The van der Waals surface area contributed by atoms with Gasteiger partial charge in [-0.05, 0) is 70.0 Å². The van der Waals surface area contributed by atoms with Gasteiger partial charge in [0.25, 0.3) is 0 Å². The standard InChI is InChI=1S/C17H31N3/c18-12-17(13-19-10-7-15(17)8-11-19)20-9-3-5-14-4-1-2-6-16(14)20/h14-16H,1-13,18H2. The van der Waals surface area contributed by atoms with Crippen LogP contribution in [0.15, 0.2) is 0 Å². The number of nitrogens with zero attached hydrogens (tertiary/aromatic N) is 2. The van der Waals surface area contributed by atoms with Crippen molar-refractivity contribution < 1.29 is 0 Å². The minimum atomic E-state index is 0.331. The molecule has 5 rings (SSSR count). The van der Waals surface area contributed by atoms with Gasteiger partial charge in [0.15, 0.2) is 0 Å². The Balaban J connectivity index is 1.62. The van der Waals surface area contributed by atoms with E-state index in [1.807, 2.05) is 0 Å². The number of hydrogen-bond donors (Lipinski definition) is 1. The first-order valence-corrected chi connectivity index (χ1v) is 9.03. The van der Waals surface area contributed by atoms with E-state index in [2.05, 4.69) is 9.80 Å². The van der Waals surface area contributed by atoms with Crippen LogP contribution in [0.1, 0.15) is 51.4 Å². The molecule has 20 heavy (non-hydrogen) atoms. The summed E-state index contributed by atoms with van der Waals surface area (Å²) >= 11 is 0.